The third kappa shape index (κ3) is 3.13. The van der Waals surface area contributed by atoms with E-state index in [9.17, 15) is 4.79 Å². The third-order valence-corrected chi connectivity index (χ3v) is 3.09. The van der Waals surface area contributed by atoms with E-state index in [1.165, 1.54) is 0 Å². The van der Waals surface area contributed by atoms with Crippen LogP contribution < -0.4 is 11.1 Å². The number of amides is 1. The summed E-state index contributed by atoms with van der Waals surface area (Å²) >= 11 is 0. The number of imidazole rings is 1. The Balaban J connectivity index is 1.91. The van der Waals surface area contributed by atoms with Crippen LogP contribution in [0.5, 0.6) is 0 Å². The smallest absolute Gasteiger partial charge is 0.251 e. The van der Waals surface area contributed by atoms with E-state index in [1.54, 1.807) is 24.4 Å². The van der Waals surface area contributed by atoms with Gasteiger partial charge in [-0.25, -0.2) is 4.98 Å². The number of anilines is 1. The molecule has 3 N–H and O–H groups in total. The second kappa shape index (κ2) is 5.56. The molecule has 19 heavy (non-hydrogen) atoms. The highest BCUT2D eigenvalue weighted by atomic mass is 16.1. The van der Waals surface area contributed by atoms with E-state index in [0.29, 0.717) is 24.2 Å². The monoisotopic (exact) mass is 258 g/mol. The maximum absolute atomic E-state index is 11.9. The van der Waals surface area contributed by atoms with E-state index < -0.39 is 0 Å². The van der Waals surface area contributed by atoms with Crippen molar-refractivity contribution in [2.45, 2.75) is 13.3 Å². The maximum Gasteiger partial charge on any atom is 0.251 e. The van der Waals surface area contributed by atoms with Crippen LogP contribution in [-0.4, -0.2) is 22.0 Å². The van der Waals surface area contributed by atoms with Crippen molar-refractivity contribution >= 4 is 11.6 Å². The molecule has 0 atom stereocenters. The van der Waals surface area contributed by atoms with Crippen molar-refractivity contribution in [3.63, 3.8) is 0 Å². The summed E-state index contributed by atoms with van der Waals surface area (Å²) in [6.07, 6.45) is 4.35. The lowest BCUT2D eigenvalue weighted by Crippen LogP contribution is -2.26. The normalized spacial score (nSPS) is 10.4. The van der Waals surface area contributed by atoms with Gasteiger partial charge in [0.25, 0.3) is 5.91 Å². The number of rotatable bonds is 4. The number of nitrogens with zero attached hydrogens (tertiary/aromatic N) is 2. The second-order valence-electron chi connectivity index (χ2n) is 4.53. The molecule has 0 saturated carbocycles. The lowest BCUT2D eigenvalue weighted by atomic mass is 10.1. The fourth-order valence-corrected chi connectivity index (χ4v) is 1.84. The Morgan fingerprint density at radius 1 is 1.47 bits per heavy atom. The van der Waals surface area contributed by atoms with Crippen molar-refractivity contribution in [3.8, 4) is 0 Å². The quantitative estimate of drug-likeness (QED) is 0.811. The van der Waals surface area contributed by atoms with Crippen molar-refractivity contribution in [1.82, 2.24) is 14.9 Å². The molecule has 0 spiro atoms. The molecule has 1 heterocycles. The molecule has 0 unspecified atom stereocenters. The summed E-state index contributed by atoms with van der Waals surface area (Å²) < 4.78 is 1.94. The van der Waals surface area contributed by atoms with Crippen molar-refractivity contribution in [2.75, 3.05) is 12.3 Å². The molecule has 2 aromatic rings. The van der Waals surface area contributed by atoms with Crippen LogP contribution in [0.4, 0.5) is 5.69 Å². The Hall–Kier alpha value is -2.30. The number of benzene rings is 1. The third-order valence-electron chi connectivity index (χ3n) is 3.09. The van der Waals surface area contributed by atoms with Crippen LogP contribution in [0.2, 0.25) is 0 Å². The predicted molar refractivity (Wildman–Crippen MR) is 74.8 cm³/mol. The van der Waals surface area contributed by atoms with Crippen LogP contribution in [0.25, 0.3) is 0 Å². The van der Waals surface area contributed by atoms with Gasteiger partial charge in [-0.15, -0.1) is 0 Å². The van der Waals surface area contributed by atoms with E-state index >= 15 is 0 Å². The molecule has 0 bridgehead atoms. The average molecular weight is 258 g/mol. The summed E-state index contributed by atoms with van der Waals surface area (Å²) in [6, 6.07) is 5.28. The zero-order valence-electron chi connectivity index (χ0n) is 11.2. The summed E-state index contributed by atoms with van der Waals surface area (Å²) in [5.74, 6) is 0.867. The maximum atomic E-state index is 11.9. The number of hydrogen-bond acceptors (Lipinski definition) is 3. The molecule has 5 heteroatoms. The SMILES string of the molecule is Cc1cc(C(=O)NCCc2nccn2C)ccc1N. The Kier molecular flexibility index (Phi) is 3.85. The van der Waals surface area contributed by atoms with Crippen LogP contribution in [0.1, 0.15) is 21.7 Å². The minimum Gasteiger partial charge on any atom is -0.399 e. The van der Waals surface area contributed by atoms with Gasteiger partial charge < -0.3 is 15.6 Å². The van der Waals surface area contributed by atoms with Crippen molar-refractivity contribution in [2.24, 2.45) is 7.05 Å². The number of carbonyl (C=O) groups excluding carboxylic acids is 1. The molecular formula is C14H18N4O. The van der Waals surface area contributed by atoms with Crippen molar-refractivity contribution in [3.05, 3.63) is 47.5 Å². The summed E-state index contributed by atoms with van der Waals surface area (Å²) in [6.45, 7) is 2.45. The number of nitrogen functional groups attached to an aromatic ring is 1. The van der Waals surface area contributed by atoms with Crippen LogP contribution in [0, 0.1) is 6.92 Å². The highest BCUT2D eigenvalue weighted by molar-refractivity contribution is 5.94. The minimum atomic E-state index is -0.0858. The number of aryl methyl sites for hydroxylation is 2. The number of nitrogens with two attached hydrogens (primary N) is 1. The zero-order valence-corrected chi connectivity index (χ0v) is 11.2. The predicted octanol–water partition coefficient (Wildman–Crippen LogP) is 1.28. The van der Waals surface area contributed by atoms with E-state index in [-0.39, 0.29) is 5.91 Å². The summed E-state index contributed by atoms with van der Waals surface area (Å²) in [4.78, 5) is 16.1. The van der Waals surface area contributed by atoms with Crippen LogP contribution in [0.15, 0.2) is 30.6 Å². The Labute approximate surface area is 112 Å². The summed E-state index contributed by atoms with van der Waals surface area (Å²) in [5.41, 5.74) is 7.97. The second-order valence-corrected chi connectivity index (χ2v) is 4.53. The Bertz CT molecular complexity index is 589. The molecule has 0 aliphatic heterocycles. The van der Waals surface area contributed by atoms with E-state index in [2.05, 4.69) is 10.3 Å². The average Bonchev–Trinajstić information content (AvgIpc) is 2.78. The first kappa shape index (κ1) is 13.1. The summed E-state index contributed by atoms with van der Waals surface area (Å²) in [5, 5.41) is 2.88. The number of carbonyl (C=O) groups is 1. The molecular weight excluding hydrogens is 240 g/mol. The van der Waals surface area contributed by atoms with Crippen molar-refractivity contribution in [1.29, 1.82) is 0 Å². The largest absolute Gasteiger partial charge is 0.399 e. The Morgan fingerprint density at radius 2 is 2.26 bits per heavy atom. The van der Waals surface area contributed by atoms with Gasteiger partial charge in [-0.2, -0.15) is 0 Å². The molecule has 0 aliphatic carbocycles. The van der Waals surface area contributed by atoms with Crippen LogP contribution in [0.3, 0.4) is 0 Å². The first-order valence-corrected chi connectivity index (χ1v) is 6.18. The van der Waals surface area contributed by atoms with E-state index in [0.717, 1.165) is 11.4 Å². The first-order chi connectivity index (χ1) is 9.08. The van der Waals surface area contributed by atoms with E-state index in [4.69, 9.17) is 5.73 Å². The van der Waals surface area contributed by atoms with Gasteiger partial charge in [-0.3, -0.25) is 4.79 Å². The standard InChI is InChI=1S/C14H18N4O/c1-10-9-11(3-4-12(10)15)14(19)17-6-5-13-16-7-8-18(13)2/h3-4,7-9H,5-6,15H2,1-2H3,(H,17,19). The summed E-state index contributed by atoms with van der Waals surface area (Å²) in [7, 11) is 1.94. The molecule has 2 rings (SSSR count). The Morgan fingerprint density at radius 3 is 2.89 bits per heavy atom. The van der Waals surface area contributed by atoms with Gasteiger partial charge >= 0.3 is 0 Å². The molecule has 0 saturated heterocycles. The lowest BCUT2D eigenvalue weighted by Gasteiger charge is -2.07. The number of nitrogens with one attached hydrogen (secondary N) is 1. The fraction of sp³-hybridized carbons (Fsp3) is 0.286. The molecule has 0 radical (unpaired) electrons. The zero-order chi connectivity index (χ0) is 13.8. The lowest BCUT2D eigenvalue weighted by molar-refractivity contribution is 0.0954. The van der Waals surface area contributed by atoms with Gasteiger partial charge in [-0.05, 0) is 30.7 Å². The number of aromatic nitrogens is 2. The molecule has 0 aliphatic rings. The van der Waals surface area contributed by atoms with Gasteiger partial charge in [-0.1, -0.05) is 0 Å². The molecule has 5 nitrogen and oxygen atoms in total. The highest BCUT2D eigenvalue weighted by Gasteiger charge is 2.07. The van der Waals surface area contributed by atoms with Gasteiger partial charge in [0.2, 0.25) is 0 Å². The van der Waals surface area contributed by atoms with Gasteiger partial charge in [0.05, 0.1) is 0 Å². The molecule has 1 amide bonds. The van der Waals surface area contributed by atoms with E-state index in [1.807, 2.05) is 24.7 Å². The first-order valence-electron chi connectivity index (χ1n) is 6.18. The fourth-order valence-electron chi connectivity index (χ4n) is 1.84. The van der Waals surface area contributed by atoms with Crippen molar-refractivity contribution < 1.29 is 4.79 Å². The van der Waals surface area contributed by atoms with Crippen LogP contribution in [-0.2, 0) is 13.5 Å². The molecule has 0 fully saturated rings. The topological polar surface area (TPSA) is 72.9 Å². The van der Waals surface area contributed by atoms with Gasteiger partial charge in [0, 0.05) is 43.7 Å². The minimum absolute atomic E-state index is 0.0858. The molecule has 1 aromatic heterocycles. The number of hydrogen-bond donors (Lipinski definition) is 2. The molecule has 1 aromatic carbocycles. The highest BCUT2D eigenvalue weighted by Crippen LogP contribution is 2.12. The van der Waals surface area contributed by atoms with Crippen LogP contribution >= 0.6 is 0 Å². The van der Waals surface area contributed by atoms with Gasteiger partial charge in [0.1, 0.15) is 5.82 Å². The van der Waals surface area contributed by atoms with Gasteiger partial charge in [0.15, 0.2) is 0 Å². The molecule has 100 valence electrons.